The van der Waals surface area contributed by atoms with Gasteiger partial charge in [-0.15, -0.1) is 0 Å². The van der Waals surface area contributed by atoms with E-state index in [1.807, 2.05) is 18.2 Å². The van der Waals surface area contributed by atoms with Crippen LogP contribution in [0.25, 0.3) is 10.9 Å². The molecule has 60 valence electrons. The molecule has 0 bridgehead atoms. The molecule has 0 amide bonds. The number of carbonyl (C=O) groups is 1. The highest BCUT2D eigenvalue weighted by molar-refractivity contribution is 9.10. The maximum atomic E-state index is 10.9. The minimum atomic E-state index is -0.663. The Kier molecular flexibility index (Phi) is 1.47. The topological polar surface area (TPSA) is 32.9 Å². The highest BCUT2D eigenvalue weighted by Gasteiger charge is 2.01. The van der Waals surface area contributed by atoms with E-state index in [4.69, 9.17) is 1.37 Å². The van der Waals surface area contributed by atoms with Gasteiger partial charge in [0.25, 0.3) is 0 Å². The lowest BCUT2D eigenvalue weighted by Gasteiger charge is -1.91. The largest absolute Gasteiger partial charge is 0.360 e. The molecule has 0 atom stereocenters. The molecule has 2 rings (SSSR count). The second-order valence-corrected chi connectivity index (χ2v) is 3.41. The van der Waals surface area contributed by atoms with E-state index in [1.165, 1.54) is 0 Å². The first kappa shape index (κ1) is 6.43. The van der Waals surface area contributed by atoms with E-state index in [1.54, 1.807) is 6.20 Å². The number of aromatic nitrogens is 1. The lowest BCUT2D eigenvalue weighted by Crippen LogP contribution is -1.73. The van der Waals surface area contributed by atoms with Gasteiger partial charge in [0.2, 0.25) is 0 Å². The summed E-state index contributed by atoms with van der Waals surface area (Å²) in [6.07, 6.45) is 0.899. The van der Waals surface area contributed by atoms with E-state index in [0.717, 1.165) is 15.4 Å². The highest BCUT2D eigenvalue weighted by Crippen LogP contribution is 2.21. The van der Waals surface area contributed by atoms with E-state index in [-0.39, 0.29) is 0 Å². The van der Waals surface area contributed by atoms with Crippen LogP contribution in [0.1, 0.15) is 11.7 Å². The number of halogens is 1. The molecule has 2 nitrogen and oxygen atoms in total. The zero-order chi connectivity index (χ0) is 9.42. The van der Waals surface area contributed by atoms with Crippen LogP contribution < -0.4 is 0 Å². The third-order valence-electron chi connectivity index (χ3n) is 1.75. The van der Waals surface area contributed by atoms with Crippen LogP contribution in [0.5, 0.6) is 0 Å². The Morgan fingerprint density at radius 2 is 2.42 bits per heavy atom. The van der Waals surface area contributed by atoms with E-state index >= 15 is 0 Å². The van der Waals surface area contributed by atoms with E-state index in [9.17, 15) is 4.79 Å². The first-order valence-electron chi connectivity index (χ1n) is 3.96. The lowest BCUT2D eigenvalue weighted by molar-refractivity contribution is 0.112. The van der Waals surface area contributed by atoms with Crippen LogP contribution in [0.2, 0.25) is 0 Å². The molecule has 0 saturated heterocycles. The summed E-state index contributed by atoms with van der Waals surface area (Å²) >= 11 is 3.31. The smallest absolute Gasteiger partial charge is 0.152 e. The predicted molar refractivity (Wildman–Crippen MR) is 51.4 cm³/mol. The van der Waals surface area contributed by atoms with Crippen molar-refractivity contribution in [2.24, 2.45) is 0 Å². The Hall–Kier alpha value is -1.09. The van der Waals surface area contributed by atoms with Crippen molar-refractivity contribution < 1.29 is 6.17 Å². The van der Waals surface area contributed by atoms with Gasteiger partial charge in [0.1, 0.15) is 1.37 Å². The number of carbonyl (C=O) groups excluding carboxylic acids is 1. The second kappa shape index (κ2) is 2.75. The van der Waals surface area contributed by atoms with Crippen LogP contribution in [0.3, 0.4) is 0 Å². The molecule has 1 aromatic carbocycles. The van der Waals surface area contributed by atoms with Crippen LogP contribution in [0.15, 0.2) is 28.9 Å². The minimum absolute atomic E-state index is 0.413. The molecule has 0 aliphatic heterocycles. The van der Waals surface area contributed by atoms with Crippen molar-refractivity contribution in [3.8, 4) is 0 Å². The molecule has 0 radical (unpaired) electrons. The minimum Gasteiger partial charge on any atom is -0.360 e. The molecule has 0 saturated carbocycles. The van der Waals surface area contributed by atoms with E-state index < -0.39 is 6.26 Å². The summed E-state index contributed by atoms with van der Waals surface area (Å²) in [6.45, 7) is 0. The Morgan fingerprint density at radius 1 is 1.58 bits per heavy atom. The number of rotatable bonds is 1. The average molecular weight is 225 g/mol. The number of aldehydes is 1. The van der Waals surface area contributed by atoms with Gasteiger partial charge in [-0.2, -0.15) is 0 Å². The summed E-state index contributed by atoms with van der Waals surface area (Å²) in [5, 5.41) is 0.786. The molecular formula is C9H6BrNO. The molecule has 0 spiro atoms. The van der Waals surface area contributed by atoms with Gasteiger partial charge in [0.05, 0.1) is 0 Å². The number of aromatic amines is 1. The summed E-state index contributed by atoms with van der Waals surface area (Å²) in [7, 11) is 0. The third-order valence-corrected chi connectivity index (χ3v) is 2.25. The lowest BCUT2D eigenvalue weighted by atomic mass is 10.2. The Labute approximate surface area is 79.1 Å². The normalized spacial score (nSPS) is 11.6. The summed E-state index contributed by atoms with van der Waals surface area (Å²) in [5.41, 5.74) is 1.29. The molecule has 1 heterocycles. The molecule has 1 N–H and O–H groups in total. The van der Waals surface area contributed by atoms with Crippen LogP contribution in [0.4, 0.5) is 0 Å². The maximum absolute atomic E-state index is 10.9. The monoisotopic (exact) mass is 224 g/mol. The molecule has 0 aliphatic carbocycles. The number of nitrogens with one attached hydrogen (secondary N) is 1. The summed E-state index contributed by atoms with van der Waals surface area (Å²) in [5.74, 6) is 0. The Morgan fingerprint density at radius 3 is 3.17 bits per heavy atom. The van der Waals surface area contributed by atoms with Gasteiger partial charge in [-0.1, -0.05) is 15.9 Å². The van der Waals surface area contributed by atoms with Gasteiger partial charge in [-0.3, -0.25) is 4.79 Å². The molecule has 2 aromatic rings. The van der Waals surface area contributed by atoms with Crippen LogP contribution >= 0.6 is 15.9 Å². The average Bonchev–Trinajstić information content (AvgIpc) is 2.46. The van der Waals surface area contributed by atoms with Crippen molar-refractivity contribution in [1.82, 2.24) is 4.98 Å². The van der Waals surface area contributed by atoms with Gasteiger partial charge in [0.15, 0.2) is 6.26 Å². The SMILES string of the molecule is [2H]C(=O)c1c[nH]c2ccc(Br)cc12. The van der Waals surface area contributed by atoms with Crippen molar-refractivity contribution in [3.63, 3.8) is 0 Å². The van der Waals surface area contributed by atoms with Crippen molar-refractivity contribution in [2.75, 3.05) is 0 Å². The molecule has 3 heteroatoms. The van der Waals surface area contributed by atoms with Crippen LogP contribution in [-0.4, -0.2) is 11.2 Å². The quantitative estimate of drug-likeness (QED) is 0.743. The highest BCUT2D eigenvalue weighted by atomic mass is 79.9. The fraction of sp³-hybridized carbons (Fsp3) is 0. The van der Waals surface area contributed by atoms with E-state index in [0.29, 0.717) is 5.56 Å². The molecule has 0 fully saturated rings. The van der Waals surface area contributed by atoms with Gasteiger partial charge in [-0.05, 0) is 18.2 Å². The Bertz CT molecular complexity index is 477. The number of H-pyrrole nitrogens is 1. The van der Waals surface area contributed by atoms with E-state index in [2.05, 4.69) is 20.9 Å². The Balaban J connectivity index is 2.79. The zero-order valence-electron chi connectivity index (χ0n) is 7.10. The van der Waals surface area contributed by atoms with Crippen molar-refractivity contribution >= 4 is 33.1 Å². The maximum Gasteiger partial charge on any atom is 0.152 e. The molecular weight excluding hydrogens is 218 g/mol. The number of benzene rings is 1. The molecule has 0 aliphatic rings. The molecule has 0 unspecified atom stereocenters. The fourth-order valence-corrected chi connectivity index (χ4v) is 1.54. The second-order valence-electron chi connectivity index (χ2n) is 2.49. The summed E-state index contributed by atoms with van der Waals surface area (Å²) in [6, 6.07) is 5.58. The number of hydrogen-bond acceptors (Lipinski definition) is 1. The van der Waals surface area contributed by atoms with Gasteiger partial charge in [0, 0.05) is 27.1 Å². The zero-order valence-corrected chi connectivity index (χ0v) is 7.68. The van der Waals surface area contributed by atoms with Crippen molar-refractivity contribution in [3.05, 3.63) is 34.4 Å². The van der Waals surface area contributed by atoms with Gasteiger partial charge >= 0.3 is 0 Å². The first-order chi connectivity index (χ1) is 6.18. The molecule has 1 aromatic heterocycles. The predicted octanol–water partition coefficient (Wildman–Crippen LogP) is 2.74. The summed E-state index contributed by atoms with van der Waals surface area (Å²) in [4.78, 5) is 13.8. The number of fused-ring (bicyclic) bond motifs is 1. The first-order valence-corrected chi connectivity index (χ1v) is 4.25. The van der Waals surface area contributed by atoms with Gasteiger partial charge in [-0.25, -0.2) is 0 Å². The van der Waals surface area contributed by atoms with Crippen molar-refractivity contribution in [1.29, 1.82) is 0 Å². The molecule has 12 heavy (non-hydrogen) atoms. The van der Waals surface area contributed by atoms with Crippen LogP contribution in [-0.2, 0) is 0 Å². The third kappa shape index (κ3) is 1.06. The van der Waals surface area contributed by atoms with Crippen molar-refractivity contribution in [2.45, 2.75) is 0 Å². The fourth-order valence-electron chi connectivity index (χ4n) is 1.18. The standard InChI is InChI=1S/C9H6BrNO/c10-7-1-2-9-8(3-7)6(5-12)4-11-9/h1-5,11H/i5D. The number of hydrogen-bond donors (Lipinski definition) is 1. The summed E-state index contributed by atoms with van der Waals surface area (Å²) < 4.78 is 7.92. The van der Waals surface area contributed by atoms with Gasteiger partial charge < -0.3 is 4.98 Å². The van der Waals surface area contributed by atoms with Crippen LogP contribution in [0, 0.1) is 0 Å².